The summed E-state index contributed by atoms with van der Waals surface area (Å²) in [6.45, 7) is -0.0455. The number of hydrogen-bond donors (Lipinski definition) is 0. The Morgan fingerprint density at radius 1 is 1.53 bits per heavy atom. The van der Waals surface area contributed by atoms with Gasteiger partial charge in [-0.25, -0.2) is 4.98 Å². The van der Waals surface area contributed by atoms with E-state index in [9.17, 15) is 14.9 Å². The molecule has 1 rings (SSSR count). The Hall–Kier alpha value is -1.54. The van der Waals surface area contributed by atoms with Crippen LogP contribution in [-0.4, -0.2) is 52.9 Å². The molecule has 0 aliphatic carbocycles. The van der Waals surface area contributed by atoms with Gasteiger partial charge in [-0.05, 0) is 41.7 Å². The van der Waals surface area contributed by atoms with Crippen molar-refractivity contribution in [3.63, 3.8) is 0 Å². The molecule has 1 heterocycles. The van der Waals surface area contributed by atoms with Gasteiger partial charge < -0.3 is 4.90 Å². The minimum absolute atomic E-state index is 0.278. The van der Waals surface area contributed by atoms with Crippen molar-refractivity contribution >= 4 is 22.3 Å². The van der Waals surface area contributed by atoms with Crippen LogP contribution in [0.25, 0.3) is 0 Å². The van der Waals surface area contributed by atoms with E-state index >= 15 is 0 Å². The zero-order valence-corrected chi connectivity index (χ0v) is 12.3. The van der Waals surface area contributed by atoms with Gasteiger partial charge in [-0.15, -0.1) is 0 Å². The first kappa shape index (κ1) is 15.5. The Morgan fingerprint density at radius 3 is 2.63 bits per heavy atom. The lowest BCUT2D eigenvalue weighted by Gasteiger charge is -2.30. The molecule has 104 valence electrons. The van der Waals surface area contributed by atoms with Crippen molar-refractivity contribution in [2.24, 2.45) is 0 Å². The van der Waals surface area contributed by atoms with Crippen molar-refractivity contribution < 1.29 is 9.72 Å². The molecule has 0 radical (unpaired) electrons. The van der Waals surface area contributed by atoms with E-state index in [1.165, 1.54) is 4.90 Å². The zero-order valence-electron chi connectivity index (χ0n) is 10.7. The summed E-state index contributed by atoms with van der Waals surface area (Å²) in [4.78, 5) is 28.5. The van der Waals surface area contributed by atoms with Crippen LogP contribution in [0.4, 0.5) is 0 Å². The molecule has 1 atom stereocenters. The quantitative estimate of drug-likeness (QED) is 0.245. The topological polar surface area (TPSA) is 79.6 Å². The standard InChI is InChI=1S/C11H15BrN4O3/c1-14(2)11(7-16(18)19)15(8-17)6-9-3-4-10(12)13-5-9/h3-5,8,11H,6-7H2,1-2H3. The summed E-state index contributed by atoms with van der Waals surface area (Å²) in [5, 5.41) is 10.6. The number of carbonyl (C=O) groups excluding carboxylic acids is 1. The molecule has 0 N–H and O–H groups in total. The number of pyridine rings is 1. The van der Waals surface area contributed by atoms with Crippen molar-refractivity contribution in [2.45, 2.75) is 12.7 Å². The normalized spacial score (nSPS) is 12.2. The maximum absolute atomic E-state index is 11.2. The molecule has 0 fully saturated rings. The average Bonchev–Trinajstić information content (AvgIpc) is 2.35. The third kappa shape index (κ3) is 4.92. The molecule has 1 unspecified atom stereocenters. The van der Waals surface area contributed by atoms with E-state index in [4.69, 9.17) is 0 Å². The summed E-state index contributed by atoms with van der Waals surface area (Å²) in [6.07, 6.45) is 1.66. The van der Waals surface area contributed by atoms with Crippen LogP contribution in [0.3, 0.4) is 0 Å². The molecular weight excluding hydrogens is 316 g/mol. The predicted octanol–water partition coefficient (Wildman–Crippen LogP) is 0.967. The number of amides is 1. The lowest BCUT2D eigenvalue weighted by atomic mass is 10.2. The number of halogens is 1. The fraction of sp³-hybridized carbons (Fsp3) is 0.455. The van der Waals surface area contributed by atoms with Gasteiger partial charge in [0.15, 0.2) is 6.17 Å². The third-order valence-corrected chi connectivity index (χ3v) is 3.05. The number of nitrogens with zero attached hydrogens (tertiary/aromatic N) is 4. The van der Waals surface area contributed by atoms with Gasteiger partial charge >= 0.3 is 0 Å². The minimum atomic E-state index is -0.587. The fourth-order valence-corrected chi connectivity index (χ4v) is 1.86. The van der Waals surface area contributed by atoms with Gasteiger partial charge in [0.2, 0.25) is 13.0 Å². The minimum Gasteiger partial charge on any atom is -0.319 e. The Labute approximate surface area is 119 Å². The Kier molecular flexibility index (Phi) is 5.84. The number of nitro groups is 1. The van der Waals surface area contributed by atoms with E-state index in [0.29, 0.717) is 11.0 Å². The summed E-state index contributed by atoms with van der Waals surface area (Å²) >= 11 is 3.22. The first-order valence-electron chi connectivity index (χ1n) is 5.53. The van der Waals surface area contributed by atoms with Gasteiger partial charge in [0.25, 0.3) is 0 Å². The highest BCUT2D eigenvalue weighted by molar-refractivity contribution is 9.10. The van der Waals surface area contributed by atoms with Gasteiger partial charge in [0, 0.05) is 17.7 Å². The summed E-state index contributed by atoms with van der Waals surface area (Å²) in [6, 6.07) is 3.57. The molecule has 0 saturated carbocycles. The second-order valence-corrected chi connectivity index (χ2v) is 5.04. The Morgan fingerprint density at radius 2 is 2.21 bits per heavy atom. The molecule has 8 heteroatoms. The van der Waals surface area contributed by atoms with Gasteiger partial charge in [-0.3, -0.25) is 19.8 Å². The van der Waals surface area contributed by atoms with Crippen molar-refractivity contribution in [1.82, 2.24) is 14.8 Å². The van der Waals surface area contributed by atoms with Crippen molar-refractivity contribution in [1.29, 1.82) is 0 Å². The molecule has 0 bridgehead atoms. The van der Waals surface area contributed by atoms with Crippen LogP contribution in [-0.2, 0) is 11.3 Å². The Bertz CT molecular complexity index is 438. The van der Waals surface area contributed by atoms with Crippen molar-refractivity contribution in [2.75, 3.05) is 20.6 Å². The largest absolute Gasteiger partial charge is 0.319 e. The van der Waals surface area contributed by atoms with Gasteiger partial charge in [0.1, 0.15) is 4.60 Å². The maximum atomic E-state index is 11.2. The smallest absolute Gasteiger partial charge is 0.237 e. The highest BCUT2D eigenvalue weighted by atomic mass is 79.9. The van der Waals surface area contributed by atoms with E-state index in [1.807, 2.05) is 6.07 Å². The van der Waals surface area contributed by atoms with Crippen molar-refractivity contribution in [3.05, 3.63) is 38.6 Å². The lowest BCUT2D eigenvalue weighted by molar-refractivity contribution is -0.490. The summed E-state index contributed by atoms with van der Waals surface area (Å²) < 4.78 is 0.698. The molecule has 0 spiro atoms. The second kappa shape index (κ2) is 7.15. The first-order valence-corrected chi connectivity index (χ1v) is 6.33. The third-order valence-electron chi connectivity index (χ3n) is 2.58. The lowest BCUT2D eigenvalue weighted by Crippen LogP contribution is -2.48. The van der Waals surface area contributed by atoms with Crippen molar-refractivity contribution in [3.8, 4) is 0 Å². The van der Waals surface area contributed by atoms with E-state index in [1.54, 1.807) is 31.3 Å². The molecule has 0 aliphatic rings. The summed E-state index contributed by atoms with van der Waals surface area (Å²) in [7, 11) is 3.40. The number of hydrogen-bond acceptors (Lipinski definition) is 5. The highest BCUT2D eigenvalue weighted by Crippen LogP contribution is 2.11. The number of likely N-dealkylation sites (N-methyl/N-ethyl adjacent to an activating group) is 1. The van der Waals surface area contributed by atoms with E-state index in [0.717, 1.165) is 5.56 Å². The number of aromatic nitrogens is 1. The molecule has 1 amide bonds. The number of rotatable bonds is 7. The van der Waals surface area contributed by atoms with E-state index in [2.05, 4.69) is 20.9 Å². The van der Waals surface area contributed by atoms with Crippen LogP contribution in [0.5, 0.6) is 0 Å². The van der Waals surface area contributed by atoms with E-state index in [-0.39, 0.29) is 13.1 Å². The monoisotopic (exact) mass is 330 g/mol. The van der Waals surface area contributed by atoms with Crippen LogP contribution in [0.2, 0.25) is 0 Å². The number of carbonyl (C=O) groups is 1. The van der Waals surface area contributed by atoms with Gasteiger partial charge in [-0.1, -0.05) is 6.07 Å². The zero-order chi connectivity index (χ0) is 14.4. The molecule has 0 aliphatic heterocycles. The van der Waals surface area contributed by atoms with Crippen LogP contribution in [0.15, 0.2) is 22.9 Å². The van der Waals surface area contributed by atoms with E-state index < -0.39 is 11.1 Å². The predicted molar refractivity (Wildman–Crippen MR) is 72.9 cm³/mol. The molecule has 19 heavy (non-hydrogen) atoms. The Balaban J connectivity index is 2.82. The molecule has 1 aromatic rings. The summed E-state index contributed by atoms with van der Waals surface area (Å²) in [5.74, 6) is 0. The average molecular weight is 331 g/mol. The molecule has 0 saturated heterocycles. The fourth-order valence-electron chi connectivity index (χ4n) is 1.62. The first-order chi connectivity index (χ1) is 8.93. The van der Waals surface area contributed by atoms with Gasteiger partial charge in [-0.2, -0.15) is 0 Å². The molecule has 7 nitrogen and oxygen atoms in total. The van der Waals surface area contributed by atoms with Crippen LogP contribution < -0.4 is 0 Å². The highest BCUT2D eigenvalue weighted by Gasteiger charge is 2.24. The summed E-state index contributed by atoms with van der Waals surface area (Å²) in [5.41, 5.74) is 0.811. The van der Waals surface area contributed by atoms with Gasteiger partial charge in [0.05, 0.1) is 0 Å². The maximum Gasteiger partial charge on any atom is 0.237 e. The molecular formula is C11H15BrN4O3. The molecule has 0 aromatic carbocycles. The second-order valence-electron chi connectivity index (χ2n) is 4.23. The SMILES string of the molecule is CN(C)C(C[N+](=O)[O-])N(C=O)Cc1ccc(Br)nc1. The van der Waals surface area contributed by atoms with Crippen LogP contribution in [0, 0.1) is 10.1 Å². The van der Waals surface area contributed by atoms with Crippen LogP contribution >= 0.6 is 15.9 Å². The van der Waals surface area contributed by atoms with Crippen LogP contribution in [0.1, 0.15) is 5.56 Å². The molecule has 1 aromatic heterocycles.